The molecule has 4 bridgehead atoms. The number of hydrogen-bond donors (Lipinski definition) is 1. The third kappa shape index (κ3) is 1.19. The minimum atomic E-state index is -0.609. The smallest absolute Gasteiger partial charge is 0.303 e. The normalized spacial score (nSPS) is 48.7. The van der Waals surface area contributed by atoms with Gasteiger partial charge in [-0.3, -0.25) is 4.79 Å². The van der Waals surface area contributed by atoms with Gasteiger partial charge in [0.2, 0.25) is 0 Å². The van der Waals surface area contributed by atoms with Crippen LogP contribution in [0.1, 0.15) is 38.5 Å². The van der Waals surface area contributed by atoms with Gasteiger partial charge in [0.05, 0.1) is 0 Å². The number of carboxylic acids is 1. The van der Waals surface area contributed by atoms with Gasteiger partial charge in [-0.2, -0.15) is 0 Å². The maximum Gasteiger partial charge on any atom is 0.303 e. The summed E-state index contributed by atoms with van der Waals surface area (Å²) in [5, 5.41) is 8.71. The van der Waals surface area contributed by atoms with Crippen LogP contribution < -0.4 is 0 Å². The summed E-state index contributed by atoms with van der Waals surface area (Å²) in [7, 11) is 0. The van der Waals surface area contributed by atoms with Gasteiger partial charge in [0.1, 0.15) is 0 Å². The van der Waals surface area contributed by atoms with Gasteiger partial charge in [-0.1, -0.05) is 0 Å². The number of carbonyl (C=O) groups is 1. The van der Waals surface area contributed by atoms with E-state index >= 15 is 0 Å². The Balaban J connectivity index is 1.67. The topological polar surface area (TPSA) is 37.3 Å². The van der Waals surface area contributed by atoms with E-state index in [1.807, 2.05) is 0 Å². The average Bonchev–Trinajstić information content (AvgIpc) is 2.52. The summed E-state index contributed by atoms with van der Waals surface area (Å²) < 4.78 is 0. The molecule has 4 aliphatic rings. The molecule has 0 radical (unpaired) electrons. The van der Waals surface area contributed by atoms with Crippen LogP contribution in [-0.2, 0) is 4.79 Å². The second-order valence-corrected chi connectivity index (χ2v) is 5.59. The fourth-order valence-corrected chi connectivity index (χ4v) is 4.62. The second-order valence-electron chi connectivity index (χ2n) is 5.59. The van der Waals surface area contributed by atoms with Crippen molar-refractivity contribution >= 4 is 5.97 Å². The predicted molar refractivity (Wildman–Crippen MR) is 52.8 cm³/mol. The van der Waals surface area contributed by atoms with Crippen LogP contribution in [0.5, 0.6) is 0 Å². The van der Waals surface area contributed by atoms with Gasteiger partial charge < -0.3 is 5.11 Å². The molecule has 0 aromatic carbocycles. The SMILES string of the molecule is O=C(O)CCC1C2CC3CC(C2)C1C3. The summed E-state index contributed by atoms with van der Waals surface area (Å²) in [6.45, 7) is 0. The molecule has 78 valence electrons. The first-order valence-electron chi connectivity index (χ1n) is 5.96. The molecule has 1 N–H and O–H groups in total. The lowest BCUT2D eigenvalue weighted by atomic mass is 9.74. The molecule has 0 aromatic heterocycles. The molecule has 2 heteroatoms. The minimum Gasteiger partial charge on any atom is -0.481 e. The number of carboxylic acid groups (broad SMARTS) is 1. The fourth-order valence-electron chi connectivity index (χ4n) is 4.62. The highest BCUT2D eigenvalue weighted by atomic mass is 16.4. The minimum absolute atomic E-state index is 0.398. The molecule has 0 heterocycles. The Morgan fingerprint density at radius 3 is 2.64 bits per heavy atom. The van der Waals surface area contributed by atoms with Crippen molar-refractivity contribution in [1.82, 2.24) is 0 Å². The zero-order valence-electron chi connectivity index (χ0n) is 8.48. The summed E-state index contributed by atoms with van der Waals surface area (Å²) in [6.07, 6.45) is 7.07. The summed E-state index contributed by atoms with van der Waals surface area (Å²) in [5.41, 5.74) is 0. The highest BCUT2D eigenvalue weighted by Crippen LogP contribution is 2.61. The van der Waals surface area contributed by atoms with Gasteiger partial charge in [-0.05, 0) is 61.7 Å². The van der Waals surface area contributed by atoms with Crippen molar-refractivity contribution in [2.24, 2.45) is 29.6 Å². The number of rotatable bonds is 3. The van der Waals surface area contributed by atoms with Gasteiger partial charge in [-0.15, -0.1) is 0 Å². The van der Waals surface area contributed by atoms with Crippen LogP contribution in [0.2, 0.25) is 0 Å². The number of hydrogen-bond acceptors (Lipinski definition) is 1. The molecule has 4 rings (SSSR count). The Kier molecular flexibility index (Phi) is 1.86. The van der Waals surface area contributed by atoms with E-state index in [1.54, 1.807) is 0 Å². The Morgan fingerprint density at radius 1 is 1.14 bits per heavy atom. The van der Waals surface area contributed by atoms with Gasteiger partial charge in [0.15, 0.2) is 0 Å². The molecule has 5 unspecified atom stereocenters. The Morgan fingerprint density at radius 2 is 1.93 bits per heavy atom. The van der Waals surface area contributed by atoms with Crippen LogP contribution in [-0.4, -0.2) is 11.1 Å². The quantitative estimate of drug-likeness (QED) is 0.749. The van der Waals surface area contributed by atoms with Crippen molar-refractivity contribution in [1.29, 1.82) is 0 Å². The molecule has 0 aromatic rings. The van der Waals surface area contributed by atoms with Crippen molar-refractivity contribution in [3.05, 3.63) is 0 Å². The van der Waals surface area contributed by atoms with Gasteiger partial charge >= 0.3 is 5.97 Å². The number of aliphatic carboxylic acids is 1. The van der Waals surface area contributed by atoms with E-state index in [2.05, 4.69) is 0 Å². The first-order valence-corrected chi connectivity index (χ1v) is 5.96. The monoisotopic (exact) mass is 194 g/mol. The van der Waals surface area contributed by atoms with Crippen LogP contribution >= 0.6 is 0 Å². The van der Waals surface area contributed by atoms with E-state index in [9.17, 15) is 4.79 Å². The highest BCUT2D eigenvalue weighted by molar-refractivity contribution is 5.66. The van der Waals surface area contributed by atoms with E-state index < -0.39 is 5.97 Å². The zero-order valence-corrected chi connectivity index (χ0v) is 8.48. The maximum absolute atomic E-state index is 10.6. The summed E-state index contributed by atoms with van der Waals surface area (Å²) in [6, 6.07) is 0. The zero-order chi connectivity index (χ0) is 9.71. The van der Waals surface area contributed by atoms with Crippen molar-refractivity contribution in [2.45, 2.75) is 38.5 Å². The maximum atomic E-state index is 10.6. The summed E-state index contributed by atoms with van der Waals surface area (Å²) in [5.74, 6) is 3.98. The fraction of sp³-hybridized carbons (Fsp3) is 0.917. The van der Waals surface area contributed by atoms with Crippen molar-refractivity contribution in [3.8, 4) is 0 Å². The lowest BCUT2D eigenvalue weighted by molar-refractivity contribution is -0.137. The van der Waals surface area contributed by atoms with Crippen LogP contribution in [0.25, 0.3) is 0 Å². The largest absolute Gasteiger partial charge is 0.481 e. The molecule has 0 amide bonds. The Bertz CT molecular complexity index is 257. The first kappa shape index (κ1) is 8.75. The molecule has 4 aliphatic carbocycles. The molecular weight excluding hydrogens is 176 g/mol. The molecular formula is C12H18O2. The van der Waals surface area contributed by atoms with E-state index in [4.69, 9.17) is 5.11 Å². The molecule has 4 saturated carbocycles. The molecule has 0 aliphatic heterocycles. The van der Waals surface area contributed by atoms with E-state index in [1.165, 1.54) is 25.7 Å². The van der Waals surface area contributed by atoms with Crippen LogP contribution in [0, 0.1) is 29.6 Å². The third-order valence-electron chi connectivity index (χ3n) is 4.94. The molecule has 2 nitrogen and oxygen atoms in total. The predicted octanol–water partition coefficient (Wildman–Crippen LogP) is 2.53. The average molecular weight is 194 g/mol. The Labute approximate surface area is 84.7 Å². The lowest BCUT2D eigenvalue weighted by Crippen LogP contribution is -2.23. The summed E-state index contributed by atoms with van der Waals surface area (Å²) in [4.78, 5) is 10.6. The second kappa shape index (κ2) is 2.98. The highest BCUT2D eigenvalue weighted by Gasteiger charge is 2.53. The van der Waals surface area contributed by atoms with Crippen molar-refractivity contribution in [2.75, 3.05) is 0 Å². The molecule has 14 heavy (non-hydrogen) atoms. The van der Waals surface area contributed by atoms with Gasteiger partial charge in [0.25, 0.3) is 0 Å². The van der Waals surface area contributed by atoms with E-state index in [0.717, 1.165) is 36.0 Å². The Hall–Kier alpha value is -0.530. The molecule has 5 atom stereocenters. The van der Waals surface area contributed by atoms with E-state index in [-0.39, 0.29) is 0 Å². The van der Waals surface area contributed by atoms with E-state index in [0.29, 0.717) is 6.42 Å². The van der Waals surface area contributed by atoms with Crippen molar-refractivity contribution in [3.63, 3.8) is 0 Å². The molecule has 0 saturated heterocycles. The first-order chi connectivity index (χ1) is 6.74. The van der Waals surface area contributed by atoms with Gasteiger partial charge in [0, 0.05) is 6.42 Å². The van der Waals surface area contributed by atoms with Crippen molar-refractivity contribution < 1.29 is 9.90 Å². The lowest BCUT2D eigenvalue weighted by Gasteiger charge is -2.31. The standard InChI is InChI=1S/C12H18O2/c13-12(14)2-1-10-8-3-7-4-9(6-8)11(10)5-7/h7-11H,1-6H2,(H,13,14). The van der Waals surface area contributed by atoms with Crippen LogP contribution in [0.15, 0.2) is 0 Å². The third-order valence-corrected chi connectivity index (χ3v) is 4.94. The van der Waals surface area contributed by atoms with Gasteiger partial charge in [-0.25, -0.2) is 0 Å². The van der Waals surface area contributed by atoms with Crippen LogP contribution in [0.4, 0.5) is 0 Å². The van der Waals surface area contributed by atoms with Crippen LogP contribution in [0.3, 0.4) is 0 Å². The molecule has 4 fully saturated rings. The summed E-state index contributed by atoms with van der Waals surface area (Å²) >= 11 is 0. The molecule has 0 spiro atoms.